The van der Waals surface area contributed by atoms with E-state index in [9.17, 15) is 25.2 Å². The zero-order valence-electron chi connectivity index (χ0n) is 48.7. The Hall–Kier alpha value is -1.21. The number of allylic oxidation sites excluding steroid dienone is 4. The summed E-state index contributed by atoms with van der Waals surface area (Å²) in [7, 11) is 0. The minimum Gasteiger partial charge on any atom is -0.394 e. The van der Waals surface area contributed by atoms with Gasteiger partial charge in [-0.1, -0.05) is 321 Å². The Bertz CT molecular complexity index is 1100. The molecule has 0 saturated carbocycles. The maximum absolute atomic E-state index is 12.6. The highest BCUT2D eigenvalue weighted by Crippen LogP contribution is 2.19. The number of unbranched alkanes of at least 4 members (excludes halogenated alkanes) is 48. The van der Waals surface area contributed by atoms with Crippen LogP contribution in [0.25, 0.3) is 0 Å². The minimum atomic E-state index is -1.28. The first kappa shape index (κ1) is 70.8. The van der Waals surface area contributed by atoms with Gasteiger partial charge in [0, 0.05) is 0 Å². The van der Waals surface area contributed by atoms with Crippen LogP contribution >= 0.6 is 0 Å². The molecule has 0 aliphatic rings. The third-order valence-electron chi connectivity index (χ3n) is 15.6. The third-order valence-corrected chi connectivity index (χ3v) is 15.6. The number of amides is 1. The number of carbonyl (C=O) groups excluding carboxylic acids is 1. The summed E-state index contributed by atoms with van der Waals surface area (Å²) >= 11 is 0. The van der Waals surface area contributed by atoms with E-state index in [1.807, 2.05) is 0 Å². The van der Waals surface area contributed by atoms with Gasteiger partial charge in [0.05, 0.1) is 18.8 Å². The Morgan fingerprint density at radius 3 is 0.833 bits per heavy atom. The number of carbonyl (C=O) groups is 1. The van der Waals surface area contributed by atoms with E-state index in [-0.39, 0.29) is 0 Å². The van der Waals surface area contributed by atoms with Gasteiger partial charge in [-0.25, -0.2) is 0 Å². The van der Waals surface area contributed by atoms with Crippen molar-refractivity contribution in [2.45, 2.75) is 385 Å². The van der Waals surface area contributed by atoms with E-state index in [1.165, 1.54) is 295 Å². The minimum absolute atomic E-state index is 0.361. The molecule has 0 rings (SSSR count). The largest absolute Gasteiger partial charge is 0.394 e. The first-order chi connectivity index (χ1) is 35.5. The molecule has 0 fully saturated rings. The highest BCUT2D eigenvalue weighted by atomic mass is 16.3. The Kier molecular flexibility index (Phi) is 59.6. The molecule has 0 radical (unpaired) electrons. The highest BCUT2D eigenvalue weighted by Gasteiger charge is 2.28. The molecule has 5 N–H and O–H groups in total. The standard InChI is InChI=1S/C66H129NO5/c1-3-5-7-9-11-13-15-17-19-21-23-25-27-29-30-31-32-33-34-35-36-38-39-41-43-45-47-49-51-53-55-57-59-63(69)65(71)62(61-68)67-66(72)64(70)60-58-56-54-52-50-48-46-44-42-40-37-28-26-24-22-20-18-16-14-12-10-8-6-4-2/h37,40,51,53,62-65,68-71H,3-36,38-39,41-50,52,54-61H2,1-2H3,(H,67,72)/b40-37-,53-51+. The molecule has 72 heavy (non-hydrogen) atoms. The molecule has 428 valence electrons. The van der Waals surface area contributed by atoms with E-state index in [2.05, 4.69) is 43.5 Å². The number of aliphatic hydroxyl groups excluding tert-OH is 4. The molecule has 0 aromatic carbocycles. The Balaban J connectivity index is 3.58. The van der Waals surface area contributed by atoms with Crippen LogP contribution in [-0.2, 0) is 4.79 Å². The first-order valence-corrected chi connectivity index (χ1v) is 32.7. The molecule has 4 atom stereocenters. The Morgan fingerprint density at radius 2 is 0.569 bits per heavy atom. The average molecular weight is 1020 g/mol. The zero-order valence-corrected chi connectivity index (χ0v) is 48.7. The molecule has 0 aromatic heterocycles. The van der Waals surface area contributed by atoms with Gasteiger partial charge in [-0.2, -0.15) is 0 Å². The zero-order chi connectivity index (χ0) is 52.3. The van der Waals surface area contributed by atoms with Crippen LogP contribution in [0.4, 0.5) is 0 Å². The molecule has 0 saturated heterocycles. The fourth-order valence-corrected chi connectivity index (χ4v) is 10.5. The van der Waals surface area contributed by atoms with Crippen LogP contribution in [0.5, 0.6) is 0 Å². The summed E-state index contributed by atoms with van der Waals surface area (Å²) in [5, 5.41) is 44.1. The number of hydrogen-bond donors (Lipinski definition) is 5. The summed E-state index contributed by atoms with van der Waals surface area (Å²) in [6.07, 6.45) is 75.8. The van der Waals surface area contributed by atoms with Gasteiger partial charge in [0.25, 0.3) is 0 Å². The average Bonchev–Trinajstić information content (AvgIpc) is 3.39. The Labute approximate surface area is 450 Å². The summed E-state index contributed by atoms with van der Waals surface area (Å²) < 4.78 is 0. The number of rotatable bonds is 61. The van der Waals surface area contributed by atoms with Crippen molar-refractivity contribution in [3.8, 4) is 0 Å². The van der Waals surface area contributed by atoms with E-state index >= 15 is 0 Å². The molecule has 0 spiro atoms. The van der Waals surface area contributed by atoms with Crippen LogP contribution in [0.15, 0.2) is 24.3 Å². The van der Waals surface area contributed by atoms with Crippen molar-refractivity contribution in [2.24, 2.45) is 0 Å². The lowest BCUT2D eigenvalue weighted by atomic mass is 10.00. The summed E-state index contributed by atoms with van der Waals surface area (Å²) in [6.45, 7) is 4.09. The molecule has 0 aromatic rings. The fraction of sp³-hybridized carbons (Fsp3) is 0.924. The summed E-state index contributed by atoms with van der Waals surface area (Å²) in [5.41, 5.74) is 0. The van der Waals surface area contributed by atoms with Gasteiger partial charge < -0.3 is 25.7 Å². The molecule has 0 aliphatic heterocycles. The maximum Gasteiger partial charge on any atom is 0.249 e. The second-order valence-electron chi connectivity index (χ2n) is 22.8. The van der Waals surface area contributed by atoms with Crippen molar-refractivity contribution in [1.82, 2.24) is 5.32 Å². The van der Waals surface area contributed by atoms with E-state index in [1.54, 1.807) is 0 Å². The molecule has 6 nitrogen and oxygen atoms in total. The van der Waals surface area contributed by atoms with Crippen molar-refractivity contribution in [3.63, 3.8) is 0 Å². The van der Waals surface area contributed by atoms with Gasteiger partial charge >= 0.3 is 0 Å². The number of nitrogens with one attached hydrogen (secondary N) is 1. The summed E-state index contributed by atoms with van der Waals surface area (Å²) in [5.74, 6) is -0.590. The lowest BCUT2D eigenvalue weighted by molar-refractivity contribution is -0.132. The molecular formula is C66H129NO5. The van der Waals surface area contributed by atoms with Crippen molar-refractivity contribution < 1.29 is 25.2 Å². The summed E-state index contributed by atoms with van der Waals surface area (Å²) in [4.78, 5) is 12.6. The second-order valence-corrected chi connectivity index (χ2v) is 22.8. The van der Waals surface area contributed by atoms with E-state index in [0.29, 0.717) is 12.8 Å². The van der Waals surface area contributed by atoms with Crippen LogP contribution in [0.2, 0.25) is 0 Å². The van der Waals surface area contributed by atoms with E-state index < -0.39 is 36.9 Å². The van der Waals surface area contributed by atoms with E-state index in [4.69, 9.17) is 0 Å². The normalized spacial score (nSPS) is 13.7. The van der Waals surface area contributed by atoms with Gasteiger partial charge in [0.15, 0.2) is 0 Å². The molecule has 1 amide bonds. The van der Waals surface area contributed by atoms with Crippen LogP contribution in [0, 0.1) is 0 Å². The van der Waals surface area contributed by atoms with Crippen molar-refractivity contribution in [1.29, 1.82) is 0 Å². The van der Waals surface area contributed by atoms with E-state index in [0.717, 1.165) is 38.5 Å². The van der Waals surface area contributed by atoms with Crippen LogP contribution in [-0.4, -0.2) is 57.3 Å². The van der Waals surface area contributed by atoms with Crippen LogP contribution in [0.1, 0.15) is 361 Å². The lowest BCUT2D eigenvalue weighted by Crippen LogP contribution is -2.53. The second kappa shape index (κ2) is 60.7. The third kappa shape index (κ3) is 53.6. The summed E-state index contributed by atoms with van der Waals surface area (Å²) in [6, 6.07) is -1.00. The predicted molar refractivity (Wildman–Crippen MR) is 316 cm³/mol. The first-order valence-electron chi connectivity index (χ1n) is 32.7. The van der Waals surface area contributed by atoms with Crippen molar-refractivity contribution in [2.75, 3.05) is 6.61 Å². The number of aliphatic hydroxyl groups is 4. The molecule has 6 heteroatoms. The highest BCUT2D eigenvalue weighted by molar-refractivity contribution is 5.80. The quantitative estimate of drug-likeness (QED) is 0.0308. The predicted octanol–water partition coefficient (Wildman–Crippen LogP) is 19.8. The fourth-order valence-electron chi connectivity index (χ4n) is 10.5. The van der Waals surface area contributed by atoms with Crippen LogP contribution < -0.4 is 5.32 Å². The van der Waals surface area contributed by atoms with Crippen molar-refractivity contribution in [3.05, 3.63) is 24.3 Å². The van der Waals surface area contributed by atoms with Crippen LogP contribution in [0.3, 0.4) is 0 Å². The van der Waals surface area contributed by atoms with Gasteiger partial charge in [0.1, 0.15) is 12.2 Å². The molecule has 4 unspecified atom stereocenters. The number of hydrogen-bond acceptors (Lipinski definition) is 5. The van der Waals surface area contributed by atoms with Gasteiger partial charge in [-0.05, 0) is 64.2 Å². The Morgan fingerprint density at radius 1 is 0.333 bits per heavy atom. The van der Waals surface area contributed by atoms with Crippen molar-refractivity contribution >= 4 is 5.91 Å². The molecule has 0 bridgehead atoms. The molecule has 0 heterocycles. The topological polar surface area (TPSA) is 110 Å². The SMILES string of the molecule is CCCCCCCCCCCCCC/C=C\CCCCCCCCCCC(O)C(=O)NC(CO)C(O)C(O)CCC/C=C/CCCCCCCCCCCCCCCCCCCCCCCCCCCCC. The molecular weight excluding hydrogens is 887 g/mol. The van der Waals surface area contributed by atoms with Gasteiger partial charge in [0.2, 0.25) is 5.91 Å². The van der Waals surface area contributed by atoms with Gasteiger partial charge in [-0.3, -0.25) is 4.79 Å². The smallest absolute Gasteiger partial charge is 0.249 e. The molecule has 0 aliphatic carbocycles. The monoisotopic (exact) mass is 1020 g/mol. The lowest BCUT2D eigenvalue weighted by Gasteiger charge is -2.27. The maximum atomic E-state index is 12.6. The van der Waals surface area contributed by atoms with Gasteiger partial charge in [-0.15, -0.1) is 0 Å².